The summed E-state index contributed by atoms with van der Waals surface area (Å²) in [7, 11) is 1.86. The van der Waals surface area contributed by atoms with Gasteiger partial charge in [-0.25, -0.2) is 0 Å². The van der Waals surface area contributed by atoms with Crippen LogP contribution in [0.15, 0.2) is 0 Å². The third-order valence-electron chi connectivity index (χ3n) is 3.17. The number of nitrogens with one attached hydrogen (secondary N) is 1. The highest BCUT2D eigenvalue weighted by atomic mass is 16.5. The van der Waals surface area contributed by atoms with E-state index in [9.17, 15) is 0 Å². The fourth-order valence-corrected chi connectivity index (χ4v) is 2.23. The Morgan fingerprint density at radius 2 is 2.17 bits per heavy atom. The van der Waals surface area contributed by atoms with Gasteiger partial charge >= 0.3 is 0 Å². The number of hydrogen-bond acceptors (Lipinski definition) is 2. The van der Waals surface area contributed by atoms with Crippen LogP contribution in [0.4, 0.5) is 0 Å². The average molecular weight is 169 g/mol. The monoisotopic (exact) mass is 169 g/mol. The Morgan fingerprint density at radius 3 is 2.83 bits per heavy atom. The summed E-state index contributed by atoms with van der Waals surface area (Å²) in [4.78, 5) is 0. The fraction of sp³-hybridized carbons (Fsp3) is 1.00. The van der Waals surface area contributed by atoms with Gasteiger partial charge in [0, 0.05) is 13.7 Å². The quantitative estimate of drug-likeness (QED) is 0.689. The predicted octanol–water partition coefficient (Wildman–Crippen LogP) is 1.41. The number of hydrogen-bond donors (Lipinski definition) is 1. The van der Waals surface area contributed by atoms with Crippen LogP contribution in [0.2, 0.25) is 0 Å². The highest BCUT2D eigenvalue weighted by Crippen LogP contribution is 2.37. The molecule has 0 amide bonds. The molecule has 1 aliphatic carbocycles. The van der Waals surface area contributed by atoms with Gasteiger partial charge in [-0.1, -0.05) is 12.8 Å². The zero-order chi connectivity index (χ0) is 8.39. The van der Waals surface area contributed by atoms with Crippen LogP contribution in [0, 0.1) is 11.8 Å². The predicted molar refractivity (Wildman–Crippen MR) is 49.1 cm³/mol. The second kappa shape index (κ2) is 3.75. The van der Waals surface area contributed by atoms with Gasteiger partial charge in [0.15, 0.2) is 0 Å². The lowest BCUT2D eigenvalue weighted by molar-refractivity contribution is 0.0256. The highest BCUT2D eigenvalue weighted by molar-refractivity contribution is 4.84. The molecule has 1 N–H and O–H groups in total. The van der Waals surface area contributed by atoms with Gasteiger partial charge in [0.2, 0.25) is 0 Å². The van der Waals surface area contributed by atoms with Gasteiger partial charge < -0.3 is 10.1 Å². The minimum atomic E-state index is 0.534. The van der Waals surface area contributed by atoms with Gasteiger partial charge in [0.25, 0.3) is 0 Å². The molecule has 0 aromatic heterocycles. The molecule has 0 radical (unpaired) electrons. The molecule has 0 spiro atoms. The first-order valence-electron chi connectivity index (χ1n) is 5.13. The molecule has 2 fully saturated rings. The molecule has 2 atom stereocenters. The van der Waals surface area contributed by atoms with Gasteiger partial charge in [-0.05, 0) is 31.2 Å². The molecule has 0 bridgehead atoms. The first-order valence-corrected chi connectivity index (χ1v) is 5.13. The van der Waals surface area contributed by atoms with Gasteiger partial charge in [0.1, 0.15) is 0 Å². The van der Waals surface area contributed by atoms with Gasteiger partial charge in [-0.15, -0.1) is 0 Å². The normalized spacial score (nSPS) is 36.8. The van der Waals surface area contributed by atoms with Crippen LogP contribution >= 0.6 is 0 Å². The van der Waals surface area contributed by atoms with Crippen molar-refractivity contribution in [3.63, 3.8) is 0 Å². The summed E-state index contributed by atoms with van der Waals surface area (Å²) in [6.45, 7) is 2.31. The minimum Gasteiger partial charge on any atom is -0.381 e. The maximum atomic E-state index is 5.49. The Balaban J connectivity index is 1.81. The maximum Gasteiger partial charge on any atom is 0.0623 e. The summed E-state index contributed by atoms with van der Waals surface area (Å²) in [5.41, 5.74) is 0. The molecule has 1 heterocycles. The van der Waals surface area contributed by atoms with Gasteiger partial charge in [-0.3, -0.25) is 0 Å². The van der Waals surface area contributed by atoms with E-state index in [0.29, 0.717) is 6.10 Å². The first-order chi connectivity index (χ1) is 5.90. The molecule has 1 saturated heterocycles. The molecule has 2 aliphatic rings. The lowest BCUT2D eigenvalue weighted by Gasteiger charge is -2.31. The lowest BCUT2D eigenvalue weighted by atomic mass is 9.91. The zero-order valence-electron chi connectivity index (χ0n) is 7.88. The molecular weight excluding hydrogens is 150 g/mol. The van der Waals surface area contributed by atoms with Crippen LogP contribution in [-0.2, 0) is 4.74 Å². The molecule has 0 aromatic rings. The summed E-state index contributed by atoms with van der Waals surface area (Å²) in [6, 6.07) is 0. The first kappa shape index (κ1) is 8.52. The highest BCUT2D eigenvalue weighted by Gasteiger charge is 2.31. The van der Waals surface area contributed by atoms with Gasteiger partial charge in [0.05, 0.1) is 6.10 Å². The largest absolute Gasteiger partial charge is 0.381 e. The zero-order valence-corrected chi connectivity index (χ0v) is 7.88. The molecule has 12 heavy (non-hydrogen) atoms. The van der Waals surface area contributed by atoms with E-state index in [1.165, 1.54) is 32.2 Å². The Morgan fingerprint density at radius 1 is 1.33 bits per heavy atom. The number of rotatable bonds is 3. The van der Waals surface area contributed by atoms with E-state index >= 15 is 0 Å². The van der Waals surface area contributed by atoms with E-state index in [0.717, 1.165) is 18.4 Å². The van der Waals surface area contributed by atoms with Crippen molar-refractivity contribution in [3.8, 4) is 0 Å². The van der Waals surface area contributed by atoms with Crippen molar-refractivity contribution >= 4 is 0 Å². The van der Waals surface area contributed by atoms with Crippen LogP contribution in [-0.4, -0.2) is 26.3 Å². The summed E-state index contributed by atoms with van der Waals surface area (Å²) >= 11 is 0. The van der Waals surface area contributed by atoms with Crippen molar-refractivity contribution in [1.29, 1.82) is 0 Å². The molecule has 2 rings (SSSR count). The summed E-state index contributed by atoms with van der Waals surface area (Å²) in [6.07, 6.45) is 6.06. The topological polar surface area (TPSA) is 21.3 Å². The maximum absolute atomic E-state index is 5.49. The van der Waals surface area contributed by atoms with Crippen LogP contribution < -0.4 is 5.32 Å². The molecule has 0 aromatic carbocycles. The molecule has 2 heteroatoms. The third kappa shape index (κ3) is 1.99. The molecule has 2 unspecified atom stereocenters. The number of ether oxygens (including phenoxy) is 1. The van der Waals surface area contributed by atoms with Crippen LogP contribution in [0.25, 0.3) is 0 Å². The van der Waals surface area contributed by atoms with Crippen LogP contribution in [0.3, 0.4) is 0 Å². The standard InChI is InChI=1S/C10H19NO/c1-12-10-4-5-11-7-9(10)6-8-2-3-8/h8-11H,2-7H2,1H3. The minimum absolute atomic E-state index is 0.534. The Hall–Kier alpha value is -0.0800. The van der Waals surface area contributed by atoms with Crippen molar-refractivity contribution in [2.75, 3.05) is 20.2 Å². The van der Waals surface area contributed by atoms with Crippen LogP contribution in [0.5, 0.6) is 0 Å². The van der Waals surface area contributed by atoms with E-state index in [2.05, 4.69) is 5.32 Å². The molecule has 70 valence electrons. The van der Waals surface area contributed by atoms with E-state index in [1.54, 1.807) is 0 Å². The fourth-order valence-electron chi connectivity index (χ4n) is 2.23. The SMILES string of the molecule is COC1CCNCC1CC1CC1. The molecule has 2 nitrogen and oxygen atoms in total. The number of methoxy groups -OCH3 is 1. The van der Waals surface area contributed by atoms with E-state index < -0.39 is 0 Å². The summed E-state index contributed by atoms with van der Waals surface area (Å²) in [5.74, 6) is 1.82. The van der Waals surface area contributed by atoms with E-state index in [1.807, 2.05) is 7.11 Å². The van der Waals surface area contributed by atoms with E-state index in [4.69, 9.17) is 4.74 Å². The second-order valence-electron chi connectivity index (χ2n) is 4.21. The molecular formula is C10H19NO. The van der Waals surface area contributed by atoms with Crippen molar-refractivity contribution < 1.29 is 4.74 Å². The van der Waals surface area contributed by atoms with Gasteiger partial charge in [-0.2, -0.15) is 0 Å². The second-order valence-corrected chi connectivity index (χ2v) is 4.21. The third-order valence-corrected chi connectivity index (χ3v) is 3.17. The Bertz CT molecular complexity index is 145. The average Bonchev–Trinajstić information content (AvgIpc) is 2.89. The van der Waals surface area contributed by atoms with Crippen molar-refractivity contribution in [2.24, 2.45) is 11.8 Å². The van der Waals surface area contributed by atoms with Crippen LogP contribution in [0.1, 0.15) is 25.7 Å². The molecule has 1 aliphatic heterocycles. The Kier molecular flexibility index (Phi) is 2.66. The van der Waals surface area contributed by atoms with Crippen molar-refractivity contribution in [1.82, 2.24) is 5.32 Å². The van der Waals surface area contributed by atoms with E-state index in [-0.39, 0.29) is 0 Å². The van der Waals surface area contributed by atoms with Crippen molar-refractivity contribution in [3.05, 3.63) is 0 Å². The summed E-state index contributed by atoms with van der Waals surface area (Å²) < 4.78 is 5.49. The smallest absolute Gasteiger partial charge is 0.0623 e. The summed E-state index contributed by atoms with van der Waals surface area (Å²) in [5, 5.41) is 3.45. The number of piperidine rings is 1. The van der Waals surface area contributed by atoms with Crippen molar-refractivity contribution in [2.45, 2.75) is 31.8 Å². The molecule has 1 saturated carbocycles. The Labute approximate surface area is 74.7 Å². The lowest BCUT2D eigenvalue weighted by Crippen LogP contribution is -2.41.